The third-order valence-corrected chi connectivity index (χ3v) is 6.43. The lowest BCUT2D eigenvalue weighted by atomic mass is 9.97. The molecule has 0 saturated carbocycles. The van der Waals surface area contributed by atoms with E-state index in [4.69, 9.17) is 19.2 Å². The van der Waals surface area contributed by atoms with Gasteiger partial charge in [0, 0.05) is 37.4 Å². The van der Waals surface area contributed by atoms with Crippen LogP contribution in [0, 0.1) is 0 Å². The van der Waals surface area contributed by atoms with E-state index in [1.807, 2.05) is 12.3 Å². The first-order chi connectivity index (χ1) is 15.7. The van der Waals surface area contributed by atoms with Crippen LogP contribution in [0.4, 0.5) is 5.95 Å². The summed E-state index contributed by atoms with van der Waals surface area (Å²) in [6.07, 6.45) is 5.75. The predicted molar refractivity (Wildman–Crippen MR) is 130 cm³/mol. The molecule has 7 heteroatoms. The number of hydrogen-bond acceptors (Lipinski definition) is 7. The van der Waals surface area contributed by atoms with Crippen LogP contribution < -0.4 is 14.8 Å². The van der Waals surface area contributed by atoms with Gasteiger partial charge in [-0.2, -0.15) is 0 Å². The molecule has 0 spiro atoms. The number of anilines is 1. The van der Waals surface area contributed by atoms with Crippen molar-refractivity contribution in [3.8, 4) is 11.5 Å². The van der Waals surface area contributed by atoms with Crippen molar-refractivity contribution in [2.24, 2.45) is 0 Å². The van der Waals surface area contributed by atoms with Gasteiger partial charge in [-0.1, -0.05) is 18.7 Å². The van der Waals surface area contributed by atoms with Crippen molar-refractivity contribution < 1.29 is 14.2 Å². The maximum Gasteiger partial charge on any atom is 0.223 e. The number of ether oxygens (including phenoxy) is 3. The van der Waals surface area contributed by atoms with Gasteiger partial charge in [0.1, 0.15) is 12.2 Å². The summed E-state index contributed by atoms with van der Waals surface area (Å²) in [5.41, 5.74) is 2.50. The van der Waals surface area contributed by atoms with Gasteiger partial charge < -0.3 is 19.5 Å². The minimum absolute atomic E-state index is 0.360. The molecule has 0 unspecified atom stereocenters. The van der Waals surface area contributed by atoms with Gasteiger partial charge in [-0.05, 0) is 58.2 Å². The molecule has 1 fully saturated rings. The third-order valence-electron chi connectivity index (χ3n) is 6.43. The Hall–Kier alpha value is -2.64. The number of rotatable bonds is 8. The van der Waals surface area contributed by atoms with E-state index >= 15 is 0 Å². The Labute approximate surface area is 197 Å². The second-order valence-electron chi connectivity index (χ2n) is 9.86. The van der Waals surface area contributed by atoms with Gasteiger partial charge in [-0.25, -0.2) is 9.97 Å². The van der Waals surface area contributed by atoms with Crippen molar-refractivity contribution >= 4 is 5.95 Å². The second kappa shape index (κ2) is 9.31. The fraction of sp³-hybridized carbons (Fsp3) is 0.538. The second-order valence-corrected chi connectivity index (χ2v) is 9.86. The van der Waals surface area contributed by atoms with Gasteiger partial charge in [0.25, 0.3) is 0 Å². The van der Waals surface area contributed by atoms with Crippen LogP contribution in [0.3, 0.4) is 0 Å². The van der Waals surface area contributed by atoms with Crippen LogP contribution in [0.5, 0.6) is 11.5 Å². The van der Waals surface area contributed by atoms with E-state index < -0.39 is 5.60 Å². The lowest BCUT2D eigenvalue weighted by Crippen LogP contribution is -2.39. The zero-order chi connectivity index (χ0) is 23.6. The molecule has 33 heavy (non-hydrogen) atoms. The molecule has 2 aliphatic rings. The Kier molecular flexibility index (Phi) is 6.64. The highest BCUT2D eigenvalue weighted by Crippen LogP contribution is 2.45. The molecule has 0 radical (unpaired) electrons. The lowest BCUT2D eigenvalue weighted by Gasteiger charge is -2.32. The molecule has 1 aromatic carbocycles. The molecule has 4 rings (SSSR count). The van der Waals surface area contributed by atoms with E-state index in [1.54, 1.807) is 13.2 Å². The summed E-state index contributed by atoms with van der Waals surface area (Å²) in [5, 5.41) is 3.56. The van der Waals surface area contributed by atoms with Gasteiger partial charge in [0.15, 0.2) is 11.5 Å². The highest BCUT2D eigenvalue weighted by molar-refractivity contribution is 5.43. The molecule has 0 atom stereocenters. The molecule has 0 amide bonds. The van der Waals surface area contributed by atoms with Crippen molar-refractivity contribution in [2.45, 2.75) is 64.3 Å². The van der Waals surface area contributed by atoms with Crippen LogP contribution >= 0.6 is 0 Å². The van der Waals surface area contributed by atoms with Crippen LogP contribution in [-0.2, 0) is 22.5 Å². The number of fused-ring (bicyclic) bond motifs is 1. The molecule has 178 valence electrons. The van der Waals surface area contributed by atoms with Gasteiger partial charge in [0.2, 0.25) is 5.95 Å². The SMILES string of the molecule is C=CCOc1cc(CN2CCC(Nc3ncc4c(n3)C(C)(C)OC4(C)C)CC2)ccc1OC. The summed E-state index contributed by atoms with van der Waals surface area (Å²) in [6.45, 7) is 15.4. The summed E-state index contributed by atoms with van der Waals surface area (Å²) in [6, 6.07) is 6.50. The third kappa shape index (κ3) is 5.14. The Morgan fingerprint density at radius 3 is 2.64 bits per heavy atom. The van der Waals surface area contributed by atoms with E-state index in [0.717, 1.165) is 55.2 Å². The van der Waals surface area contributed by atoms with Crippen molar-refractivity contribution in [3.63, 3.8) is 0 Å². The molecule has 0 bridgehead atoms. The Morgan fingerprint density at radius 2 is 1.94 bits per heavy atom. The minimum atomic E-state index is -0.409. The summed E-state index contributed by atoms with van der Waals surface area (Å²) >= 11 is 0. The van der Waals surface area contributed by atoms with Crippen LogP contribution in [0.25, 0.3) is 0 Å². The highest BCUT2D eigenvalue weighted by atomic mass is 16.5. The number of methoxy groups -OCH3 is 1. The molecule has 1 aromatic heterocycles. The van der Waals surface area contributed by atoms with E-state index in [1.165, 1.54) is 5.56 Å². The molecular weight excluding hydrogens is 416 g/mol. The number of nitrogens with zero attached hydrogens (tertiary/aromatic N) is 3. The van der Waals surface area contributed by atoms with Crippen molar-refractivity contribution in [1.29, 1.82) is 0 Å². The van der Waals surface area contributed by atoms with E-state index in [-0.39, 0.29) is 5.60 Å². The number of likely N-dealkylation sites (tertiary alicyclic amines) is 1. The average Bonchev–Trinajstić information content (AvgIpc) is 2.97. The van der Waals surface area contributed by atoms with E-state index in [2.05, 4.69) is 61.6 Å². The Morgan fingerprint density at radius 1 is 1.18 bits per heavy atom. The summed E-state index contributed by atoms with van der Waals surface area (Å²) in [5.74, 6) is 2.20. The number of aromatic nitrogens is 2. The van der Waals surface area contributed by atoms with Crippen molar-refractivity contribution in [1.82, 2.24) is 14.9 Å². The predicted octanol–water partition coefficient (Wildman–Crippen LogP) is 4.63. The molecule has 1 N–H and O–H groups in total. The Balaban J connectivity index is 1.34. The largest absolute Gasteiger partial charge is 0.493 e. The van der Waals surface area contributed by atoms with Crippen LogP contribution in [0.15, 0.2) is 37.1 Å². The number of benzene rings is 1. The maximum atomic E-state index is 6.21. The first-order valence-electron chi connectivity index (χ1n) is 11.7. The smallest absolute Gasteiger partial charge is 0.223 e. The maximum absolute atomic E-state index is 6.21. The topological polar surface area (TPSA) is 68.7 Å². The normalized spacial score (nSPS) is 19.7. The van der Waals surface area contributed by atoms with Crippen LogP contribution in [0.2, 0.25) is 0 Å². The molecule has 1 saturated heterocycles. The first kappa shape index (κ1) is 23.5. The van der Waals surface area contributed by atoms with Gasteiger partial charge in [-0.15, -0.1) is 0 Å². The van der Waals surface area contributed by atoms with Gasteiger partial charge in [-0.3, -0.25) is 4.90 Å². The summed E-state index contributed by atoms with van der Waals surface area (Å²) in [7, 11) is 1.66. The quantitative estimate of drug-likeness (QED) is 0.586. The van der Waals surface area contributed by atoms with Gasteiger partial charge in [0.05, 0.1) is 18.4 Å². The fourth-order valence-corrected chi connectivity index (χ4v) is 4.85. The van der Waals surface area contributed by atoms with Crippen LogP contribution in [-0.4, -0.2) is 47.7 Å². The molecule has 2 aliphatic heterocycles. The molecule has 3 heterocycles. The number of hydrogen-bond donors (Lipinski definition) is 1. The number of piperidine rings is 1. The van der Waals surface area contributed by atoms with Gasteiger partial charge >= 0.3 is 0 Å². The summed E-state index contributed by atoms with van der Waals surface area (Å²) < 4.78 is 17.4. The monoisotopic (exact) mass is 452 g/mol. The summed E-state index contributed by atoms with van der Waals surface area (Å²) in [4.78, 5) is 11.9. The zero-order valence-corrected chi connectivity index (χ0v) is 20.5. The van der Waals surface area contributed by atoms with Crippen molar-refractivity contribution in [2.75, 3.05) is 32.1 Å². The Bertz CT molecular complexity index is 997. The van der Waals surface area contributed by atoms with Crippen LogP contribution in [0.1, 0.15) is 57.4 Å². The van der Waals surface area contributed by atoms with E-state index in [9.17, 15) is 0 Å². The number of nitrogens with one attached hydrogen (secondary N) is 1. The molecule has 2 aromatic rings. The molecular formula is C26H36N4O3. The first-order valence-corrected chi connectivity index (χ1v) is 11.7. The zero-order valence-electron chi connectivity index (χ0n) is 20.5. The van der Waals surface area contributed by atoms with E-state index in [0.29, 0.717) is 18.6 Å². The average molecular weight is 453 g/mol. The minimum Gasteiger partial charge on any atom is -0.493 e. The fourth-order valence-electron chi connectivity index (χ4n) is 4.85. The highest BCUT2D eigenvalue weighted by Gasteiger charge is 2.45. The van der Waals surface area contributed by atoms with Crippen molar-refractivity contribution in [3.05, 3.63) is 53.9 Å². The molecule has 0 aliphatic carbocycles. The standard InChI is InChI=1S/C26H36N4O3/c1-7-14-32-22-15-18(8-9-21(22)31-6)17-30-12-10-19(11-13-30)28-24-27-16-20-23(29-24)26(4,5)33-25(20,2)3/h7-9,15-16,19H,1,10-14,17H2,2-6H3,(H,27,28,29). The lowest BCUT2D eigenvalue weighted by molar-refractivity contribution is -0.106. The molecule has 7 nitrogen and oxygen atoms in total.